The first kappa shape index (κ1) is 11.8. The van der Waals surface area contributed by atoms with Crippen molar-refractivity contribution in [1.29, 1.82) is 0 Å². The summed E-state index contributed by atoms with van der Waals surface area (Å²) in [6.07, 6.45) is 2.87. The fourth-order valence-electron chi connectivity index (χ4n) is 1.97. The van der Waals surface area contributed by atoms with Crippen LogP contribution in [0.2, 0.25) is 0 Å². The minimum Gasteiger partial charge on any atom is -0.390 e. The Morgan fingerprint density at radius 1 is 1.29 bits per heavy atom. The SMILES string of the molecule is O=[N+]([O-])c1ncn(Cc2nc3c4ccsc4ncn3n2)n1. The van der Waals surface area contributed by atoms with Crippen LogP contribution in [0.25, 0.3) is 15.9 Å². The molecule has 0 aliphatic rings. The second-order valence-electron chi connectivity index (χ2n) is 4.18. The number of rotatable bonds is 3. The molecule has 0 aliphatic heterocycles. The average Bonchev–Trinajstić information content (AvgIpc) is 3.15. The lowest BCUT2D eigenvalue weighted by molar-refractivity contribution is -0.394. The molecule has 0 aliphatic carbocycles. The molecule has 0 radical (unpaired) electrons. The van der Waals surface area contributed by atoms with Crippen LogP contribution in [0.5, 0.6) is 0 Å². The van der Waals surface area contributed by atoms with Crippen LogP contribution in [-0.2, 0) is 6.54 Å². The zero-order valence-electron chi connectivity index (χ0n) is 10.3. The number of nitro groups is 1. The fourth-order valence-corrected chi connectivity index (χ4v) is 2.69. The van der Waals surface area contributed by atoms with Gasteiger partial charge in [0.05, 0.1) is 5.39 Å². The Kier molecular flexibility index (Phi) is 2.41. The van der Waals surface area contributed by atoms with Crippen LogP contribution < -0.4 is 0 Å². The molecule has 10 nitrogen and oxygen atoms in total. The van der Waals surface area contributed by atoms with Crippen molar-refractivity contribution < 1.29 is 4.92 Å². The molecule has 0 saturated carbocycles. The normalized spacial score (nSPS) is 11.4. The Morgan fingerprint density at radius 2 is 2.19 bits per heavy atom. The molecule has 4 aromatic heterocycles. The van der Waals surface area contributed by atoms with Crippen molar-refractivity contribution in [3.63, 3.8) is 0 Å². The Morgan fingerprint density at radius 3 is 3.00 bits per heavy atom. The molecule has 4 aromatic rings. The van der Waals surface area contributed by atoms with Crippen LogP contribution in [0.4, 0.5) is 5.95 Å². The van der Waals surface area contributed by atoms with E-state index in [2.05, 4.69) is 25.1 Å². The summed E-state index contributed by atoms with van der Waals surface area (Å²) in [5.74, 6) is 0.0379. The van der Waals surface area contributed by atoms with Gasteiger partial charge in [0.2, 0.25) is 6.33 Å². The predicted octanol–water partition coefficient (Wildman–Crippen LogP) is 0.887. The third kappa shape index (κ3) is 1.90. The first-order valence-electron chi connectivity index (χ1n) is 5.82. The van der Waals surface area contributed by atoms with E-state index in [1.807, 2.05) is 11.4 Å². The topological polar surface area (TPSA) is 117 Å². The Balaban J connectivity index is 1.74. The summed E-state index contributed by atoms with van der Waals surface area (Å²) in [7, 11) is 0. The summed E-state index contributed by atoms with van der Waals surface area (Å²) in [5.41, 5.74) is 0.700. The highest BCUT2D eigenvalue weighted by atomic mass is 32.1. The second-order valence-corrected chi connectivity index (χ2v) is 5.07. The molecule has 0 unspecified atom stereocenters. The summed E-state index contributed by atoms with van der Waals surface area (Å²) in [5, 5.41) is 21.4. The summed E-state index contributed by atoms with van der Waals surface area (Å²) in [4.78, 5) is 23.1. The first-order chi connectivity index (χ1) is 10.2. The standard InChI is InChI=1S/C10H6N8O2S/c19-18(20)10-12-4-16(15-10)3-7-13-8-6-1-2-21-9(6)11-5-17(8)14-7/h1-2,4-5H,3H2. The zero-order valence-corrected chi connectivity index (χ0v) is 11.1. The number of fused-ring (bicyclic) bond motifs is 3. The molecule has 4 rings (SSSR count). The molecular formula is C10H6N8O2S. The van der Waals surface area contributed by atoms with Crippen molar-refractivity contribution in [2.24, 2.45) is 0 Å². The van der Waals surface area contributed by atoms with Crippen molar-refractivity contribution in [2.45, 2.75) is 6.54 Å². The van der Waals surface area contributed by atoms with Gasteiger partial charge in [-0.3, -0.25) is 0 Å². The van der Waals surface area contributed by atoms with E-state index in [1.54, 1.807) is 10.8 Å². The quantitative estimate of drug-likeness (QED) is 0.407. The summed E-state index contributed by atoms with van der Waals surface area (Å²) < 4.78 is 2.90. The van der Waals surface area contributed by atoms with Gasteiger partial charge >= 0.3 is 5.95 Å². The molecule has 104 valence electrons. The van der Waals surface area contributed by atoms with Crippen LogP contribution in [-0.4, -0.2) is 39.3 Å². The molecular weight excluding hydrogens is 296 g/mol. The predicted molar refractivity (Wildman–Crippen MR) is 71.9 cm³/mol. The van der Waals surface area contributed by atoms with Gasteiger partial charge in [-0.25, -0.2) is 14.5 Å². The Hall–Kier alpha value is -2.95. The lowest BCUT2D eigenvalue weighted by Crippen LogP contribution is -2.03. The van der Waals surface area contributed by atoms with Crippen molar-refractivity contribution in [3.05, 3.63) is 40.0 Å². The highest BCUT2D eigenvalue weighted by Crippen LogP contribution is 2.21. The van der Waals surface area contributed by atoms with E-state index in [0.29, 0.717) is 11.5 Å². The van der Waals surface area contributed by atoms with E-state index < -0.39 is 10.9 Å². The lowest BCUT2D eigenvalue weighted by Gasteiger charge is -1.90. The number of aromatic nitrogens is 7. The average molecular weight is 302 g/mol. The molecule has 0 atom stereocenters. The highest BCUT2D eigenvalue weighted by Gasteiger charge is 2.15. The van der Waals surface area contributed by atoms with Crippen LogP contribution in [0.15, 0.2) is 24.1 Å². The maximum absolute atomic E-state index is 10.5. The highest BCUT2D eigenvalue weighted by molar-refractivity contribution is 7.16. The molecule has 0 amide bonds. The van der Waals surface area contributed by atoms with Crippen LogP contribution in [0.3, 0.4) is 0 Å². The smallest absolute Gasteiger partial charge is 0.390 e. The minimum absolute atomic E-state index is 0.203. The monoisotopic (exact) mass is 302 g/mol. The first-order valence-corrected chi connectivity index (χ1v) is 6.70. The number of hydrogen-bond donors (Lipinski definition) is 0. The van der Waals surface area contributed by atoms with E-state index in [4.69, 9.17) is 0 Å². The van der Waals surface area contributed by atoms with Crippen LogP contribution in [0.1, 0.15) is 5.82 Å². The molecule has 0 saturated heterocycles. The molecule has 0 N–H and O–H groups in total. The Labute approximate surface area is 119 Å². The van der Waals surface area contributed by atoms with Gasteiger partial charge < -0.3 is 10.1 Å². The van der Waals surface area contributed by atoms with Gasteiger partial charge in [0.1, 0.15) is 17.7 Å². The third-order valence-corrected chi connectivity index (χ3v) is 3.66. The molecule has 21 heavy (non-hydrogen) atoms. The fraction of sp³-hybridized carbons (Fsp3) is 0.100. The van der Waals surface area contributed by atoms with Gasteiger partial charge in [-0.05, 0) is 16.4 Å². The van der Waals surface area contributed by atoms with Gasteiger partial charge in [0, 0.05) is 5.10 Å². The molecule has 0 spiro atoms. The van der Waals surface area contributed by atoms with E-state index in [0.717, 1.165) is 10.2 Å². The largest absolute Gasteiger partial charge is 0.490 e. The third-order valence-electron chi connectivity index (χ3n) is 2.84. The minimum atomic E-state index is -0.646. The maximum atomic E-state index is 10.5. The van der Waals surface area contributed by atoms with Gasteiger partial charge in [-0.15, -0.1) is 16.4 Å². The molecule has 0 bridgehead atoms. The van der Waals surface area contributed by atoms with Crippen LogP contribution >= 0.6 is 11.3 Å². The van der Waals surface area contributed by atoms with Crippen molar-refractivity contribution in [2.75, 3.05) is 0 Å². The maximum Gasteiger partial charge on any atom is 0.490 e. The van der Waals surface area contributed by atoms with Gasteiger partial charge in [-0.2, -0.15) is 4.68 Å². The second kappa shape index (κ2) is 4.28. The van der Waals surface area contributed by atoms with E-state index in [-0.39, 0.29) is 6.54 Å². The van der Waals surface area contributed by atoms with Crippen LogP contribution in [0, 0.1) is 10.1 Å². The molecule has 0 fully saturated rings. The van der Waals surface area contributed by atoms with E-state index >= 15 is 0 Å². The van der Waals surface area contributed by atoms with Gasteiger partial charge in [-0.1, -0.05) is 4.98 Å². The molecule has 4 heterocycles. The molecule has 11 heteroatoms. The Bertz CT molecular complexity index is 970. The van der Waals surface area contributed by atoms with Gasteiger partial charge in [0.15, 0.2) is 11.5 Å². The zero-order chi connectivity index (χ0) is 14.4. The number of thiophene rings is 1. The van der Waals surface area contributed by atoms with Crippen molar-refractivity contribution >= 4 is 33.1 Å². The summed E-state index contributed by atoms with van der Waals surface area (Å²) >= 11 is 1.53. The molecule has 0 aromatic carbocycles. The van der Waals surface area contributed by atoms with E-state index in [9.17, 15) is 10.1 Å². The summed E-state index contributed by atoms with van der Waals surface area (Å²) in [6.45, 7) is 0.203. The number of nitrogens with zero attached hydrogens (tertiary/aromatic N) is 8. The van der Waals surface area contributed by atoms with Crippen molar-refractivity contribution in [3.8, 4) is 0 Å². The van der Waals surface area contributed by atoms with Gasteiger partial charge in [0.25, 0.3) is 0 Å². The number of hydrogen-bond acceptors (Lipinski definition) is 8. The summed E-state index contributed by atoms with van der Waals surface area (Å²) in [6, 6.07) is 1.93. The lowest BCUT2D eigenvalue weighted by atomic mass is 10.4. The van der Waals surface area contributed by atoms with Crippen molar-refractivity contribution in [1.82, 2.24) is 34.3 Å². The van der Waals surface area contributed by atoms with E-state index in [1.165, 1.54) is 22.3 Å².